The molecule has 0 aromatic carbocycles. The third-order valence-electron chi connectivity index (χ3n) is 1.84. The third kappa shape index (κ3) is 5.54. The second-order valence-electron chi connectivity index (χ2n) is 2.94. The molecule has 1 N–H and O–H groups in total. The van der Waals surface area contributed by atoms with Crippen LogP contribution in [0.2, 0.25) is 0 Å². The average Bonchev–Trinajstić information content (AvgIpc) is 2.15. The number of likely N-dealkylation sites (N-methyl/N-ethyl adjacent to an activating group) is 1. The Morgan fingerprint density at radius 2 is 2.07 bits per heavy atom. The summed E-state index contributed by atoms with van der Waals surface area (Å²) in [6.07, 6.45) is 0. The maximum Gasteiger partial charge on any atom is 0.215 e. The molecule has 0 fully saturated rings. The zero-order valence-corrected chi connectivity index (χ0v) is 9.93. The Balaban J connectivity index is 3.89. The first-order chi connectivity index (χ1) is 6.54. The summed E-state index contributed by atoms with van der Waals surface area (Å²) >= 11 is 0. The number of sulfonamides is 1. The zero-order valence-electron chi connectivity index (χ0n) is 9.12. The first kappa shape index (κ1) is 13.8. The number of nitrogens with zero attached hydrogens (tertiary/aromatic N) is 1. The standard InChI is InChI=1S/C8H20N2O3S/c1-4-13-7-6-10(3)14(11,12)8-5-9-2/h9H,4-8H2,1-3H3. The molecule has 0 aliphatic rings. The zero-order chi connectivity index (χ0) is 11.0. The topological polar surface area (TPSA) is 58.6 Å². The summed E-state index contributed by atoms with van der Waals surface area (Å²) in [6.45, 7) is 3.84. The minimum atomic E-state index is -3.11. The molecule has 0 atom stereocenters. The third-order valence-corrected chi connectivity index (χ3v) is 3.69. The summed E-state index contributed by atoms with van der Waals surface area (Å²) in [5, 5.41) is 2.81. The highest BCUT2D eigenvalue weighted by Gasteiger charge is 2.16. The van der Waals surface area contributed by atoms with Crippen LogP contribution in [0.4, 0.5) is 0 Å². The van der Waals surface area contributed by atoms with E-state index in [1.54, 1.807) is 14.1 Å². The van der Waals surface area contributed by atoms with Crippen LogP contribution in [0.3, 0.4) is 0 Å². The molecular weight excluding hydrogens is 204 g/mol. The lowest BCUT2D eigenvalue weighted by molar-refractivity contribution is 0.138. The van der Waals surface area contributed by atoms with Gasteiger partial charge in [-0.2, -0.15) is 0 Å². The van der Waals surface area contributed by atoms with Crippen molar-refractivity contribution in [3.8, 4) is 0 Å². The fraction of sp³-hybridized carbons (Fsp3) is 1.00. The van der Waals surface area contributed by atoms with Gasteiger partial charge in [-0.05, 0) is 14.0 Å². The summed E-state index contributed by atoms with van der Waals surface area (Å²) < 4.78 is 29.4. The van der Waals surface area contributed by atoms with Crippen molar-refractivity contribution in [2.24, 2.45) is 0 Å². The summed E-state index contributed by atoms with van der Waals surface area (Å²) in [5.74, 6) is 0.131. The first-order valence-corrected chi connectivity index (χ1v) is 6.32. The maximum absolute atomic E-state index is 11.5. The lowest BCUT2D eigenvalue weighted by Gasteiger charge is -2.16. The van der Waals surface area contributed by atoms with Crippen molar-refractivity contribution in [2.45, 2.75) is 6.92 Å². The van der Waals surface area contributed by atoms with Gasteiger partial charge in [0.15, 0.2) is 0 Å². The second-order valence-corrected chi connectivity index (χ2v) is 5.13. The van der Waals surface area contributed by atoms with Gasteiger partial charge in [0, 0.05) is 26.7 Å². The molecule has 0 aliphatic heterocycles. The molecule has 0 unspecified atom stereocenters. The van der Waals surface area contributed by atoms with E-state index in [0.29, 0.717) is 26.3 Å². The number of ether oxygens (including phenoxy) is 1. The lowest BCUT2D eigenvalue weighted by atomic mass is 10.7. The van der Waals surface area contributed by atoms with Crippen LogP contribution in [0.25, 0.3) is 0 Å². The fourth-order valence-electron chi connectivity index (χ4n) is 0.863. The molecule has 0 aliphatic carbocycles. The minimum Gasteiger partial charge on any atom is -0.380 e. The Morgan fingerprint density at radius 3 is 2.57 bits per heavy atom. The molecule has 0 radical (unpaired) electrons. The Morgan fingerprint density at radius 1 is 1.43 bits per heavy atom. The van der Waals surface area contributed by atoms with Crippen LogP contribution in [-0.4, -0.2) is 58.9 Å². The van der Waals surface area contributed by atoms with Gasteiger partial charge in [0.05, 0.1) is 12.4 Å². The van der Waals surface area contributed by atoms with Gasteiger partial charge in [-0.3, -0.25) is 0 Å². The van der Waals surface area contributed by atoms with Crippen molar-refractivity contribution >= 4 is 10.0 Å². The molecule has 0 rings (SSSR count). The Hall–Kier alpha value is -0.170. The van der Waals surface area contributed by atoms with Crippen molar-refractivity contribution < 1.29 is 13.2 Å². The normalized spacial score (nSPS) is 12.3. The summed E-state index contributed by atoms with van der Waals surface area (Å²) in [5.41, 5.74) is 0. The Kier molecular flexibility index (Phi) is 7.08. The van der Waals surface area contributed by atoms with Crippen LogP contribution in [0.5, 0.6) is 0 Å². The predicted molar refractivity (Wildman–Crippen MR) is 56.8 cm³/mol. The molecule has 0 saturated heterocycles. The fourth-order valence-corrected chi connectivity index (χ4v) is 1.99. The van der Waals surface area contributed by atoms with Gasteiger partial charge >= 0.3 is 0 Å². The molecule has 0 heterocycles. The van der Waals surface area contributed by atoms with Crippen molar-refractivity contribution in [1.82, 2.24) is 9.62 Å². The molecular formula is C8H20N2O3S. The van der Waals surface area contributed by atoms with Crippen molar-refractivity contribution in [3.05, 3.63) is 0 Å². The first-order valence-electron chi connectivity index (χ1n) is 4.71. The second kappa shape index (κ2) is 7.17. The quantitative estimate of drug-likeness (QED) is 0.565. The molecule has 0 saturated carbocycles. The van der Waals surface area contributed by atoms with E-state index in [9.17, 15) is 8.42 Å². The SMILES string of the molecule is CCOCCN(C)S(=O)(=O)CCNC. The van der Waals surface area contributed by atoms with Gasteiger partial charge in [-0.25, -0.2) is 12.7 Å². The molecule has 14 heavy (non-hydrogen) atoms. The molecule has 0 aromatic heterocycles. The smallest absolute Gasteiger partial charge is 0.215 e. The molecule has 0 bridgehead atoms. The molecule has 0 aromatic rings. The predicted octanol–water partition coefficient (Wildman–Crippen LogP) is -0.496. The summed E-state index contributed by atoms with van der Waals surface area (Å²) in [4.78, 5) is 0. The monoisotopic (exact) mass is 224 g/mol. The number of hydrogen-bond donors (Lipinski definition) is 1. The molecule has 86 valence electrons. The van der Waals surface area contributed by atoms with Gasteiger partial charge in [-0.15, -0.1) is 0 Å². The number of nitrogens with one attached hydrogen (secondary N) is 1. The molecule has 5 nitrogen and oxygen atoms in total. The van der Waals surface area contributed by atoms with Gasteiger partial charge < -0.3 is 10.1 Å². The number of rotatable bonds is 8. The summed E-state index contributed by atoms with van der Waals surface area (Å²) in [6, 6.07) is 0. The van der Waals surface area contributed by atoms with Gasteiger partial charge in [0.2, 0.25) is 10.0 Å². The van der Waals surface area contributed by atoms with Crippen molar-refractivity contribution in [2.75, 3.05) is 46.2 Å². The molecule has 0 amide bonds. The van der Waals surface area contributed by atoms with E-state index in [-0.39, 0.29) is 5.75 Å². The van der Waals surface area contributed by atoms with Crippen LogP contribution in [0.1, 0.15) is 6.92 Å². The van der Waals surface area contributed by atoms with E-state index in [4.69, 9.17) is 4.74 Å². The van der Waals surface area contributed by atoms with Crippen molar-refractivity contribution in [3.63, 3.8) is 0 Å². The van der Waals surface area contributed by atoms with Crippen LogP contribution in [0, 0.1) is 0 Å². The van der Waals surface area contributed by atoms with Gasteiger partial charge in [-0.1, -0.05) is 0 Å². The van der Waals surface area contributed by atoms with Crippen LogP contribution >= 0.6 is 0 Å². The van der Waals surface area contributed by atoms with Crippen molar-refractivity contribution in [1.29, 1.82) is 0 Å². The van der Waals surface area contributed by atoms with Crippen LogP contribution < -0.4 is 5.32 Å². The van der Waals surface area contributed by atoms with E-state index in [1.165, 1.54) is 4.31 Å². The van der Waals surface area contributed by atoms with E-state index in [1.807, 2.05) is 6.92 Å². The van der Waals surface area contributed by atoms with Crippen LogP contribution in [0.15, 0.2) is 0 Å². The van der Waals surface area contributed by atoms with E-state index in [0.717, 1.165) is 0 Å². The highest BCUT2D eigenvalue weighted by Crippen LogP contribution is 1.96. The maximum atomic E-state index is 11.5. The average molecular weight is 224 g/mol. The summed E-state index contributed by atoms with van der Waals surface area (Å²) in [7, 11) is 0.193. The number of hydrogen-bond acceptors (Lipinski definition) is 4. The van der Waals surface area contributed by atoms with Crippen LogP contribution in [-0.2, 0) is 14.8 Å². The Bertz CT molecular complexity index is 229. The largest absolute Gasteiger partial charge is 0.380 e. The van der Waals surface area contributed by atoms with E-state index < -0.39 is 10.0 Å². The van der Waals surface area contributed by atoms with E-state index >= 15 is 0 Å². The van der Waals surface area contributed by atoms with Gasteiger partial charge in [0.1, 0.15) is 0 Å². The highest BCUT2D eigenvalue weighted by molar-refractivity contribution is 7.89. The van der Waals surface area contributed by atoms with Gasteiger partial charge in [0.25, 0.3) is 0 Å². The van der Waals surface area contributed by atoms with E-state index in [2.05, 4.69) is 5.32 Å². The highest BCUT2D eigenvalue weighted by atomic mass is 32.2. The lowest BCUT2D eigenvalue weighted by Crippen LogP contribution is -2.35. The Labute approximate surface area is 86.5 Å². The molecule has 6 heteroatoms. The minimum absolute atomic E-state index is 0.131. The molecule has 0 spiro atoms.